The number of rotatable bonds is 9. The first kappa shape index (κ1) is 49.3. The summed E-state index contributed by atoms with van der Waals surface area (Å²) in [4.78, 5) is 78.2. The van der Waals surface area contributed by atoms with E-state index in [2.05, 4.69) is 84.3 Å². The topological polar surface area (TPSA) is 165 Å². The van der Waals surface area contributed by atoms with Crippen molar-refractivity contribution < 1.29 is 38.2 Å². The smallest absolute Gasteiger partial charge is 0.324 e. The van der Waals surface area contributed by atoms with Crippen LogP contribution in [0.2, 0.25) is 0 Å². The number of methoxy groups -OCH3 is 1. The van der Waals surface area contributed by atoms with Crippen LogP contribution in [0.1, 0.15) is 90.2 Å². The third-order valence-corrected chi connectivity index (χ3v) is 14.2. The minimum Gasteiger partial charge on any atom is -0.464 e. The maximum absolute atomic E-state index is 14.8. The standard InChI is InChI=1S/C54H67N7O8/c1-9-60-45-19-17-37-29-41(45)42(49(60)40-15-11-23-55-47(40)34(4)67-8)30-54(5,6)32-69-53(66)43-16-12-24-61(57-43)52(65)44(28-35-13-10-14-36(37)27-35)56-50(63)48(33(2)3)58(7)51(64)38-21-25-59(31-38)46(62)20-18-39-22-26-68-39/h10-11,13-15,17,19,23,27,29,33-34,38-39,43-44,48,57H,9,12,16,21-22,24-26,28,30-32H2,1-8H3,(H,56,63)/t34-,38-,39-,43-,44-,48?/m0/s1. The van der Waals surface area contributed by atoms with Crippen molar-refractivity contribution in [2.75, 3.05) is 47.0 Å². The maximum Gasteiger partial charge on any atom is 0.324 e. The Morgan fingerprint density at radius 1 is 1.03 bits per heavy atom. The minimum atomic E-state index is -1.06. The van der Waals surface area contributed by atoms with Gasteiger partial charge in [0.05, 0.1) is 36.6 Å². The number of cyclic esters (lactones) is 1. The summed E-state index contributed by atoms with van der Waals surface area (Å²) in [6.45, 7) is 14.5. The molecule has 2 aromatic heterocycles. The van der Waals surface area contributed by atoms with Crippen LogP contribution in [-0.4, -0.2) is 125 Å². The molecular formula is C54H67N7O8. The van der Waals surface area contributed by atoms with Crippen LogP contribution < -0.4 is 10.7 Å². The molecule has 4 aromatic rings. The van der Waals surface area contributed by atoms with Crippen molar-refractivity contribution in [1.29, 1.82) is 0 Å². The number of esters is 1. The fraction of sp³-hybridized carbons (Fsp3) is 0.519. The quantitative estimate of drug-likeness (QED) is 0.153. The van der Waals surface area contributed by atoms with Gasteiger partial charge in [0.2, 0.25) is 11.8 Å². The van der Waals surface area contributed by atoms with Crippen LogP contribution in [0.25, 0.3) is 33.3 Å². The fourth-order valence-corrected chi connectivity index (χ4v) is 10.3. The summed E-state index contributed by atoms with van der Waals surface area (Å²) in [5.74, 6) is 2.75. The number of aromatic nitrogens is 2. The second kappa shape index (κ2) is 20.9. The molecule has 8 rings (SSSR count). The number of carbonyl (C=O) groups is 5. The number of nitrogens with zero attached hydrogens (tertiary/aromatic N) is 5. The zero-order valence-electron chi connectivity index (χ0n) is 41.3. The highest BCUT2D eigenvalue weighted by molar-refractivity contribution is 5.97. The molecular weight excluding hydrogens is 875 g/mol. The number of likely N-dealkylation sites (tertiary alicyclic amines) is 1. The lowest BCUT2D eigenvalue weighted by Crippen LogP contribution is -2.62. The Morgan fingerprint density at radius 3 is 2.54 bits per heavy atom. The van der Waals surface area contributed by atoms with Gasteiger partial charge in [0.1, 0.15) is 24.2 Å². The second-order valence-corrected chi connectivity index (χ2v) is 20.1. The van der Waals surface area contributed by atoms with Gasteiger partial charge < -0.3 is 33.9 Å². The zero-order valence-corrected chi connectivity index (χ0v) is 41.3. The highest BCUT2D eigenvalue weighted by Gasteiger charge is 2.40. The Labute approximate surface area is 405 Å². The lowest BCUT2D eigenvalue weighted by atomic mass is 9.84. The Morgan fingerprint density at radius 2 is 1.81 bits per heavy atom. The SMILES string of the molecule is CCn1c(-c2cccnc2[C@H](C)OC)c2c3cc(ccc31)-c1cccc(c1)C[C@H](NC(=O)C(C(C)C)N(C)C(=O)[C@H]1CCN(C(=O)C#C[C@H]3CCO3)C1)C(=O)N1CCC[C@H](N1)C(=O)OCC(C)(C)C2. The summed E-state index contributed by atoms with van der Waals surface area (Å²) in [5, 5.41) is 5.58. The van der Waals surface area contributed by atoms with E-state index in [4.69, 9.17) is 19.2 Å². The summed E-state index contributed by atoms with van der Waals surface area (Å²) >= 11 is 0. The molecule has 4 amide bonds. The van der Waals surface area contributed by atoms with Gasteiger partial charge in [-0.05, 0) is 97.9 Å². The first-order chi connectivity index (χ1) is 33.1. The van der Waals surface area contributed by atoms with Crippen LogP contribution in [0.15, 0.2) is 60.8 Å². The number of benzene rings is 2. The van der Waals surface area contributed by atoms with Crippen molar-refractivity contribution >= 4 is 40.5 Å². The van der Waals surface area contributed by atoms with Crippen LogP contribution in [0.4, 0.5) is 0 Å². The second-order valence-electron chi connectivity index (χ2n) is 20.1. The fourth-order valence-electron chi connectivity index (χ4n) is 10.3. The van der Waals surface area contributed by atoms with Gasteiger partial charge in [-0.1, -0.05) is 63.9 Å². The van der Waals surface area contributed by atoms with Crippen molar-refractivity contribution in [3.8, 4) is 34.2 Å². The molecule has 2 aromatic carbocycles. The molecule has 0 spiro atoms. The molecule has 6 heterocycles. The lowest BCUT2D eigenvalue weighted by Gasteiger charge is -2.37. The van der Waals surface area contributed by atoms with Crippen LogP contribution in [-0.2, 0) is 57.6 Å². The molecule has 3 saturated heterocycles. The Kier molecular flexibility index (Phi) is 14.9. The molecule has 1 unspecified atom stereocenters. The molecule has 2 N–H and O–H groups in total. The number of hydrogen-bond donors (Lipinski definition) is 2. The van der Waals surface area contributed by atoms with E-state index < -0.39 is 47.2 Å². The lowest BCUT2D eigenvalue weighted by molar-refractivity contribution is -0.155. The molecule has 6 atom stereocenters. The number of ether oxygens (including phenoxy) is 3. The highest BCUT2D eigenvalue weighted by atomic mass is 16.5. The van der Waals surface area contributed by atoms with Gasteiger partial charge in [-0.25, -0.2) is 5.43 Å². The molecule has 4 aliphatic rings. The van der Waals surface area contributed by atoms with Gasteiger partial charge in [0.25, 0.3) is 11.8 Å². The van der Waals surface area contributed by atoms with Crippen molar-refractivity contribution in [2.24, 2.45) is 17.3 Å². The van der Waals surface area contributed by atoms with E-state index in [0.717, 1.165) is 56.5 Å². The van der Waals surface area contributed by atoms with E-state index in [1.54, 1.807) is 25.3 Å². The molecule has 4 aliphatic heterocycles. The summed E-state index contributed by atoms with van der Waals surface area (Å²) < 4.78 is 19.6. The van der Waals surface area contributed by atoms with Crippen molar-refractivity contribution in [1.82, 2.24) is 35.1 Å². The van der Waals surface area contributed by atoms with Crippen LogP contribution in [0, 0.1) is 29.1 Å². The zero-order chi connectivity index (χ0) is 49.1. The minimum absolute atomic E-state index is 0.132. The molecule has 3 fully saturated rings. The maximum atomic E-state index is 14.8. The van der Waals surface area contributed by atoms with Gasteiger partial charge in [-0.3, -0.25) is 34.0 Å². The monoisotopic (exact) mass is 942 g/mol. The normalized spacial score (nSPS) is 22.4. The molecule has 15 heteroatoms. The molecule has 6 bridgehead atoms. The first-order valence-corrected chi connectivity index (χ1v) is 24.5. The number of likely N-dealkylation sites (N-methyl/N-ethyl adjacent to an activating group) is 1. The van der Waals surface area contributed by atoms with Crippen molar-refractivity contribution in [3.63, 3.8) is 0 Å². The number of pyridine rings is 1. The third-order valence-electron chi connectivity index (χ3n) is 14.2. The first-order valence-electron chi connectivity index (χ1n) is 24.5. The summed E-state index contributed by atoms with van der Waals surface area (Å²) in [6.07, 6.45) is 4.29. The highest BCUT2D eigenvalue weighted by Crippen LogP contribution is 2.42. The Hall–Kier alpha value is -6.08. The van der Waals surface area contributed by atoms with Crippen LogP contribution in [0.3, 0.4) is 0 Å². The molecule has 0 aliphatic carbocycles. The molecule has 0 radical (unpaired) electrons. The number of fused-ring (bicyclic) bond motifs is 6. The van der Waals surface area contributed by atoms with E-state index in [1.165, 1.54) is 9.91 Å². The Bertz CT molecular complexity index is 2660. The summed E-state index contributed by atoms with van der Waals surface area (Å²) in [7, 11) is 3.30. The van der Waals surface area contributed by atoms with E-state index >= 15 is 0 Å². The average Bonchev–Trinajstić information content (AvgIpc) is 3.94. The number of nitrogens with one attached hydrogen (secondary N) is 2. The van der Waals surface area contributed by atoms with E-state index in [1.807, 2.05) is 39.0 Å². The van der Waals surface area contributed by atoms with Crippen molar-refractivity contribution in [3.05, 3.63) is 77.6 Å². The molecule has 0 saturated carbocycles. The number of hydrogen-bond acceptors (Lipinski definition) is 10. The van der Waals surface area contributed by atoms with Gasteiger partial charge >= 0.3 is 5.97 Å². The van der Waals surface area contributed by atoms with Gasteiger partial charge in [-0.2, -0.15) is 0 Å². The number of aryl methyl sites for hydroxylation is 1. The molecule has 366 valence electrons. The van der Waals surface area contributed by atoms with E-state index in [0.29, 0.717) is 51.9 Å². The Balaban J connectivity index is 1.13. The van der Waals surface area contributed by atoms with Gasteiger partial charge in [0.15, 0.2) is 0 Å². The predicted octanol–water partition coefficient (Wildman–Crippen LogP) is 5.87. The third kappa shape index (κ3) is 10.6. The molecule has 15 nitrogen and oxygen atoms in total. The summed E-state index contributed by atoms with van der Waals surface area (Å²) in [6, 6.07) is 15.8. The largest absolute Gasteiger partial charge is 0.464 e. The van der Waals surface area contributed by atoms with Gasteiger partial charge in [0, 0.05) is 81.3 Å². The molecule has 69 heavy (non-hydrogen) atoms. The predicted molar refractivity (Wildman–Crippen MR) is 262 cm³/mol. The average molecular weight is 942 g/mol. The number of amides is 4. The summed E-state index contributed by atoms with van der Waals surface area (Å²) in [5.41, 5.74) is 10.4. The van der Waals surface area contributed by atoms with Crippen LogP contribution in [0.5, 0.6) is 0 Å². The van der Waals surface area contributed by atoms with E-state index in [-0.39, 0.29) is 49.5 Å². The van der Waals surface area contributed by atoms with Crippen LogP contribution >= 0.6 is 0 Å². The van der Waals surface area contributed by atoms with E-state index in [9.17, 15) is 24.0 Å². The number of hydrazine groups is 1. The van der Waals surface area contributed by atoms with Crippen molar-refractivity contribution in [2.45, 2.75) is 117 Å². The van der Waals surface area contributed by atoms with Gasteiger partial charge in [-0.15, -0.1) is 0 Å². The number of carbonyl (C=O) groups excluding carboxylic acids is 5.